The minimum Gasteiger partial charge on any atom is -0.744 e. The van der Waals surface area contributed by atoms with Crippen molar-refractivity contribution in [2.24, 2.45) is 0 Å². The second-order valence-corrected chi connectivity index (χ2v) is 35.5. The van der Waals surface area contributed by atoms with Crippen molar-refractivity contribution in [3.63, 3.8) is 0 Å². The van der Waals surface area contributed by atoms with E-state index in [4.69, 9.17) is 18.9 Å². The van der Waals surface area contributed by atoms with Gasteiger partial charge in [-0.05, 0) is 127 Å². The summed E-state index contributed by atoms with van der Waals surface area (Å²) in [5.74, 6) is -3.61. The Bertz CT molecular complexity index is 2810. The van der Waals surface area contributed by atoms with Gasteiger partial charge in [-0.15, -0.1) is 0 Å². The molecule has 0 spiro atoms. The third-order valence-corrected chi connectivity index (χ3v) is 23.7. The van der Waals surface area contributed by atoms with Crippen molar-refractivity contribution in [1.82, 2.24) is 0 Å². The maximum Gasteiger partial charge on any atom is 2.00 e. The van der Waals surface area contributed by atoms with Crippen LogP contribution in [-0.2, 0) is 39.2 Å². The summed E-state index contributed by atoms with van der Waals surface area (Å²) in [5.41, 5.74) is -1.54. The maximum absolute atomic E-state index is 13.0. The number of rotatable bonds is 82. The quantitative estimate of drug-likeness (QED) is 0.0150. The minimum atomic E-state index is -5.02. The second kappa shape index (κ2) is 84.6. The van der Waals surface area contributed by atoms with E-state index in [1.54, 1.807) is 0 Å². The van der Waals surface area contributed by atoms with E-state index in [0.29, 0.717) is 25.7 Å². The molecular weight excluding hydrogens is 1530 g/mol. The first-order valence-electron chi connectivity index (χ1n) is 48.1. The summed E-state index contributed by atoms with van der Waals surface area (Å²) in [4.78, 5) is 50.5. The van der Waals surface area contributed by atoms with Crippen molar-refractivity contribution in [3.8, 4) is 0 Å². The number of unbranched alkanes of at least 4 members (excludes halogenated alkanes) is 60. The van der Waals surface area contributed by atoms with Crippen LogP contribution < -0.4 is 0 Å². The van der Waals surface area contributed by atoms with Crippen molar-refractivity contribution in [3.05, 3.63) is 107 Å². The first kappa shape index (κ1) is 113. The van der Waals surface area contributed by atoms with E-state index >= 15 is 0 Å². The number of carbonyl (C=O) groups excluding carboxylic acids is 4. The largest absolute Gasteiger partial charge is 2.00 e. The Balaban J connectivity index is 0.00000228. The molecule has 0 heterocycles. The summed E-state index contributed by atoms with van der Waals surface area (Å²) in [6, 6.07) is 7.28. The van der Waals surface area contributed by atoms with Crippen molar-refractivity contribution < 1.29 is 64.1 Å². The molecule has 117 heavy (non-hydrogen) atoms. The first-order chi connectivity index (χ1) is 56.6. The molecule has 0 saturated carbocycles. The van der Waals surface area contributed by atoms with Crippen LogP contribution in [0.25, 0.3) is 0 Å². The van der Waals surface area contributed by atoms with Gasteiger partial charge in [0.25, 0.3) is 0 Å². The van der Waals surface area contributed by atoms with Crippen LogP contribution in [0.3, 0.4) is 0 Å². The van der Waals surface area contributed by atoms with E-state index in [0.717, 1.165) is 89.2 Å². The summed E-state index contributed by atoms with van der Waals surface area (Å²) in [5, 5.41) is 0. The molecule has 0 aliphatic heterocycles. The molecule has 0 aliphatic rings. The standard InChI is InChI=1S/2C50H86O7S.Ca/c2*1-3-5-7-9-11-13-15-17-19-21-23-25-27-29-31-33-35-37-39-44-56-49(51)46-42-41-43-47(58(53,54)55)48(46)50(52)57-45-40-38-36-34-32-30-28-26-24-22-20-18-16-14-12-10-8-6-4-2;/h2*7-10,41-43H,3-6,11-40,44-45H2,1-2H3,(H,53,54,55);/q;;+2/p-2/b2*9-7+,10-8+;. The number of hydrogen-bond acceptors (Lipinski definition) is 14. The van der Waals surface area contributed by atoms with Crippen LogP contribution in [0.2, 0.25) is 0 Å². The molecule has 0 unspecified atom stereocenters. The number of esters is 4. The molecule has 0 aliphatic carbocycles. The molecule has 0 saturated heterocycles. The Morgan fingerprint density at radius 3 is 0.564 bits per heavy atom. The number of benzene rings is 2. The molecule has 0 atom stereocenters. The number of hydrogen-bond donors (Lipinski definition) is 0. The normalized spacial score (nSPS) is 11.8. The van der Waals surface area contributed by atoms with Gasteiger partial charge in [0.1, 0.15) is 20.2 Å². The predicted octanol–water partition coefficient (Wildman–Crippen LogP) is 30.3. The average molecular weight is 1700 g/mol. The molecular formula is C100H170CaO14S2. The molecule has 0 radical (unpaired) electrons. The number of ether oxygens (including phenoxy) is 4. The van der Waals surface area contributed by atoms with E-state index in [-0.39, 0.29) is 75.3 Å². The van der Waals surface area contributed by atoms with E-state index in [2.05, 4.69) is 76.3 Å². The summed E-state index contributed by atoms with van der Waals surface area (Å²) in [7, 11) is -10.0. The molecule has 2 aromatic carbocycles. The second-order valence-electron chi connectivity index (χ2n) is 32.8. The average Bonchev–Trinajstić information content (AvgIpc) is 0.796. The molecule has 14 nitrogen and oxygen atoms in total. The predicted molar refractivity (Wildman–Crippen MR) is 489 cm³/mol. The Morgan fingerprint density at radius 2 is 0.393 bits per heavy atom. The summed E-state index contributed by atoms with van der Waals surface area (Å²) < 4.78 is 93.7. The number of allylic oxidation sites excluding steroid dienone is 8. The van der Waals surface area contributed by atoms with Crippen molar-refractivity contribution >= 4 is 81.9 Å². The third kappa shape index (κ3) is 69.5. The zero-order chi connectivity index (χ0) is 84.4. The summed E-state index contributed by atoms with van der Waals surface area (Å²) >= 11 is 0. The van der Waals surface area contributed by atoms with Crippen LogP contribution in [-0.4, -0.2) is 114 Å². The fourth-order valence-electron chi connectivity index (χ4n) is 14.8. The fraction of sp³-hybridized carbons (Fsp3) is 0.760. The molecule has 0 N–H and O–H groups in total. The van der Waals surface area contributed by atoms with Gasteiger partial charge in [0.15, 0.2) is 0 Å². The zero-order valence-corrected chi connectivity index (χ0v) is 79.1. The smallest absolute Gasteiger partial charge is 0.744 e. The van der Waals surface area contributed by atoms with Gasteiger partial charge in [0.2, 0.25) is 0 Å². The van der Waals surface area contributed by atoms with Crippen molar-refractivity contribution in [1.29, 1.82) is 0 Å². The first-order valence-corrected chi connectivity index (χ1v) is 50.9. The molecule has 2 rings (SSSR count). The fourth-order valence-corrected chi connectivity index (χ4v) is 16.1. The van der Waals surface area contributed by atoms with Crippen LogP contribution in [0, 0.1) is 0 Å². The van der Waals surface area contributed by atoms with Crippen molar-refractivity contribution in [2.75, 3.05) is 26.4 Å². The summed E-state index contributed by atoms with van der Waals surface area (Å²) in [6.45, 7) is 9.38. The Kier molecular flexibility index (Phi) is 81.9. The van der Waals surface area contributed by atoms with Crippen LogP contribution in [0.1, 0.15) is 506 Å². The topological polar surface area (TPSA) is 220 Å². The van der Waals surface area contributed by atoms with E-state index < -0.39 is 65.0 Å². The molecule has 0 amide bonds. The van der Waals surface area contributed by atoms with Crippen molar-refractivity contribution in [2.45, 2.75) is 474 Å². The molecule has 0 fully saturated rings. The van der Waals surface area contributed by atoms with Gasteiger partial charge < -0.3 is 28.1 Å². The Hall–Kier alpha value is -3.64. The molecule has 17 heteroatoms. The zero-order valence-electron chi connectivity index (χ0n) is 75.2. The van der Waals surface area contributed by atoms with Gasteiger partial charge in [-0.1, -0.05) is 422 Å². The third-order valence-electron chi connectivity index (χ3n) is 21.9. The van der Waals surface area contributed by atoms with Crippen LogP contribution >= 0.6 is 0 Å². The van der Waals surface area contributed by atoms with E-state index in [1.807, 2.05) is 0 Å². The minimum absolute atomic E-state index is 0. The monoisotopic (exact) mass is 1700 g/mol. The van der Waals surface area contributed by atoms with E-state index in [1.165, 1.54) is 358 Å². The van der Waals surface area contributed by atoms with Crippen LogP contribution in [0.5, 0.6) is 0 Å². The van der Waals surface area contributed by atoms with Gasteiger partial charge in [-0.2, -0.15) is 0 Å². The molecule has 0 aromatic heterocycles. The van der Waals surface area contributed by atoms with E-state index in [9.17, 15) is 45.1 Å². The maximum atomic E-state index is 13.0. The molecule has 668 valence electrons. The Labute approximate surface area is 747 Å². The van der Waals surface area contributed by atoms with Crippen LogP contribution in [0.4, 0.5) is 0 Å². The van der Waals surface area contributed by atoms with Gasteiger partial charge in [0, 0.05) is 0 Å². The molecule has 2 aromatic rings. The Morgan fingerprint density at radius 1 is 0.239 bits per heavy atom. The SMILES string of the molecule is CCC/C=C/CCCCCCCCCCCCCCCCOC(=O)c1cccc(S(=O)(=O)[O-])c1C(=O)OCCCCCCCCCCCCCCCC/C=C/CCC.CCC/C=C/CCCCCCCCCCCCCCCCOC(=O)c1cccc(S(=O)(=O)[O-])c1C(=O)OCCCCCCCCCCCCCCCC/C=C/CCC.[Ca+2]. The molecule has 0 bridgehead atoms. The van der Waals surface area contributed by atoms with Gasteiger partial charge in [-0.25, -0.2) is 36.0 Å². The number of carbonyl (C=O) groups is 4. The van der Waals surface area contributed by atoms with Crippen LogP contribution in [0.15, 0.2) is 94.8 Å². The van der Waals surface area contributed by atoms with Gasteiger partial charge in [0.05, 0.1) is 58.5 Å². The van der Waals surface area contributed by atoms with Gasteiger partial charge >= 0.3 is 61.6 Å². The summed E-state index contributed by atoms with van der Waals surface area (Å²) in [6.07, 6.45) is 101. The van der Waals surface area contributed by atoms with Gasteiger partial charge in [-0.3, -0.25) is 0 Å².